The lowest BCUT2D eigenvalue weighted by molar-refractivity contribution is -0.141. The molecule has 0 unspecified atom stereocenters. The number of hydrogen-bond acceptors (Lipinski definition) is 6. The summed E-state index contributed by atoms with van der Waals surface area (Å²) in [4.78, 5) is 17.0. The maximum absolute atomic E-state index is 13.1. The van der Waals surface area contributed by atoms with Crippen molar-refractivity contribution in [3.05, 3.63) is 72.3 Å². The molecule has 1 aromatic carbocycles. The Kier molecular flexibility index (Phi) is 5.12. The number of benzene rings is 1. The van der Waals surface area contributed by atoms with Crippen molar-refractivity contribution in [3.63, 3.8) is 0 Å². The number of rotatable bonds is 4. The second-order valence-corrected chi connectivity index (χ2v) is 9.53. The van der Waals surface area contributed by atoms with Crippen LogP contribution in [-0.2, 0) is 12.7 Å². The summed E-state index contributed by atoms with van der Waals surface area (Å²) in [6.07, 6.45) is 2.46. The van der Waals surface area contributed by atoms with Crippen LogP contribution in [0.2, 0.25) is 0 Å². The lowest BCUT2D eigenvalue weighted by Gasteiger charge is -2.55. The lowest BCUT2D eigenvalue weighted by Crippen LogP contribution is -2.63. The molecule has 2 fully saturated rings. The number of anilines is 2. The topological polar surface area (TPSA) is 63.0 Å². The molecular weight excluding hydrogens is 455 g/mol. The zero-order valence-corrected chi connectivity index (χ0v) is 19.0. The second-order valence-electron chi connectivity index (χ2n) is 9.53. The predicted molar refractivity (Wildman–Crippen MR) is 126 cm³/mol. The SMILES string of the molecule is FC(F)(F)c1cc(N2CCCC3(C2)CN(c2cnc4cn(Cc5ccccc5)nc4n2)C3)ccn1. The van der Waals surface area contributed by atoms with Crippen LogP contribution in [0, 0.1) is 5.41 Å². The maximum Gasteiger partial charge on any atom is 0.433 e. The van der Waals surface area contributed by atoms with E-state index in [1.807, 2.05) is 29.1 Å². The highest BCUT2D eigenvalue weighted by atomic mass is 19.4. The minimum Gasteiger partial charge on any atom is -0.371 e. The summed E-state index contributed by atoms with van der Waals surface area (Å²) in [7, 11) is 0. The van der Waals surface area contributed by atoms with E-state index < -0.39 is 11.9 Å². The number of fused-ring (bicyclic) bond motifs is 1. The first-order valence-corrected chi connectivity index (χ1v) is 11.6. The van der Waals surface area contributed by atoms with Gasteiger partial charge in [0, 0.05) is 43.5 Å². The van der Waals surface area contributed by atoms with Crippen molar-refractivity contribution in [1.29, 1.82) is 0 Å². The van der Waals surface area contributed by atoms with Gasteiger partial charge in [-0.3, -0.25) is 9.67 Å². The Bertz CT molecular complexity index is 1350. The van der Waals surface area contributed by atoms with Gasteiger partial charge in [0.05, 0.1) is 18.9 Å². The monoisotopic (exact) mass is 479 g/mol. The summed E-state index contributed by atoms with van der Waals surface area (Å²) >= 11 is 0. The first kappa shape index (κ1) is 21.8. The molecule has 180 valence electrons. The molecule has 0 radical (unpaired) electrons. The fourth-order valence-electron chi connectivity index (χ4n) is 5.22. The Morgan fingerprint density at radius 2 is 1.77 bits per heavy atom. The number of alkyl halides is 3. The van der Waals surface area contributed by atoms with Crippen molar-refractivity contribution in [3.8, 4) is 0 Å². The Morgan fingerprint density at radius 1 is 0.971 bits per heavy atom. The van der Waals surface area contributed by atoms with Gasteiger partial charge in [-0.2, -0.15) is 18.3 Å². The number of piperidine rings is 1. The molecule has 35 heavy (non-hydrogen) atoms. The third kappa shape index (κ3) is 4.28. The lowest BCUT2D eigenvalue weighted by atomic mass is 9.73. The summed E-state index contributed by atoms with van der Waals surface area (Å²) in [6, 6.07) is 12.9. The van der Waals surface area contributed by atoms with E-state index in [1.165, 1.54) is 6.20 Å². The molecule has 0 amide bonds. The zero-order chi connectivity index (χ0) is 24.0. The minimum atomic E-state index is -4.44. The van der Waals surface area contributed by atoms with Gasteiger partial charge in [0.1, 0.15) is 17.0 Å². The summed E-state index contributed by atoms with van der Waals surface area (Å²) in [5.74, 6) is 0.786. The van der Waals surface area contributed by atoms with Gasteiger partial charge in [-0.1, -0.05) is 30.3 Å². The van der Waals surface area contributed by atoms with Crippen molar-refractivity contribution < 1.29 is 13.2 Å². The van der Waals surface area contributed by atoms with E-state index >= 15 is 0 Å². The first-order valence-electron chi connectivity index (χ1n) is 11.6. The number of pyridine rings is 1. The van der Waals surface area contributed by atoms with Crippen LogP contribution in [0.3, 0.4) is 0 Å². The first-order chi connectivity index (χ1) is 16.9. The summed E-state index contributed by atoms with van der Waals surface area (Å²) in [5.41, 5.74) is 2.28. The molecule has 0 atom stereocenters. The highest BCUT2D eigenvalue weighted by Gasteiger charge is 2.46. The second kappa shape index (κ2) is 8.21. The van der Waals surface area contributed by atoms with E-state index in [4.69, 9.17) is 4.98 Å². The largest absolute Gasteiger partial charge is 0.433 e. The van der Waals surface area contributed by atoms with Crippen LogP contribution in [-0.4, -0.2) is 50.9 Å². The van der Waals surface area contributed by atoms with Gasteiger partial charge in [-0.25, -0.2) is 9.97 Å². The van der Waals surface area contributed by atoms with Crippen molar-refractivity contribution in [2.75, 3.05) is 36.0 Å². The fourth-order valence-corrected chi connectivity index (χ4v) is 5.22. The number of aromatic nitrogens is 5. The number of halogens is 3. The highest BCUT2D eigenvalue weighted by molar-refractivity contribution is 5.71. The smallest absolute Gasteiger partial charge is 0.371 e. The standard InChI is InChI=1S/C25H24F3N7/c26-25(27,28)21-11-19(7-9-29-21)33-10-4-8-24(15-33)16-34(17-24)22-12-30-20-14-35(32-23(20)31-22)13-18-5-2-1-3-6-18/h1-3,5-7,9,11-12,14H,4,8,10,13,15-17H2. The van der Waals surface area contributed by atoms with Crippen molar-refractivity contribution in [2.45, 2.75) is 25.6 Å². The van der Waals surface area contributed by atoms with Gasteiger partial charge in [-0.05, 0) is 30.5 Å². The van der Waals surface area contributed by atoms with Gasteiger partial charge in [-0.15, -0.1) is 0 Å². The van der Waals surface area contributed by atoms with Crippen LogP contribution >= 0.6 is 0 Å². The van der Waals surface area contributed by atoms with Gasteiger partial charge < -0.3 is 9.80 Å². The van der Waals surface area contributed by atoms with Gasteiger partial charge in [0.2, 0.25) is 5.65 Å². The van der Waals surface area contributed by atoms with Gasteiger partial charge in [0.15, 0.2) is 0 Å². The van der Waals surface area contributed by atoms with Crippen molar-refractivity contribution in [2.24, 2.45) is 5.41 Å². The summed E-state index contributed by atoms with van der Waals surface area (Å²) < 4.78 is 41.2. The number of hydrogen-bond donors (Lipinski definition) is 0. The molecule has 0 bridgehead atoms. The van der Waals surface area contributed by atoms with Crippen LogP contribution < -0.4 is 9.80 Å². The minimum absolute atomic E-state index is 0.0310. The van der Waals surface area contributed by atoms with Gasteiger partial charge in [0.25, 0.3) is 0 Å². The van der Waals surface area contributed by atoms with Crippen LogP contribution in [0.15, 0.2) is 61.1 Å². The van der Waals surface area contributed by atoms with E-state index in [9.17, 15) is 13.2 Å². The van der Waals surface area contributed by atoms with Crippen molar-refractivity contribution in [1.82, 2.24) is 24.7 Å². The molecule has 5 heterocycles. The van der Waals surface area contributed by atoms with Crippen LogP contribution in [0.1, 0.15) is 24.1 Å². The van der Waals surface area contributed by atoms with E-state index in [2.05, 4.69) is 37.0 Å². The molecule has 0 aliphatic carbocycles. The normalized spacial score (nSPS) is 17.7. The Labute approximate surface area is 200 Å². The molecule has 3 aromatic heterocycles. The summed E-state index contributed by atoms with van der Waals surface area (Å²) in [5, 5.41) is 4.60. The van der Waals surface area contributed by atoms with Crippen molar-refractivity contribution >= 4 is 22.7 Å². The molecule has 6 rings (SSSR count). The number of nitrogens with zero attached hydrogens (tertiary/aromatic N) is 7. The predicted octanol–water partition coefficient (Wildman–Crippen LogP) is 4.40. The third-order valence-corrected chi connectivity index (χ3v) is 6.89. The van der Waals surface area contributed by atoms with Crippen LogP contribution in [0.25, 0.3) is 11.2 Å². The molecule has 2 saturated heterocycles. The summed E-state index contributed by atoms with van der Waals surface area (Å²) in [6.45, 7) is 3.71. The highest BCUT2D eigenvalue weighted by Crippen LogP contribution is 2.42. The zero-order valence-electron chi connectivity index (χ0n) is 19.0. The Balaban J connectivity index is 1.15. The molecule has 2 aliphatic heterocycles. The molecule has 10 heteroatoms. The average molecular weight is 480 g/mol. The van der Waals surface area contributed by atoms with E-state index in [0.717, 1.165) is 55.4 Å². The molecule has 2 aliphatic rings. The quantitative estimate of drug-likeness (QED) is 0.433. The Morgan fingerprint density at radius 3 is 2.57 bits per heavy atom. The van der Waals surface area contributed by atoms with Crippen LogP contribution in [0.4, 0.5) is 24.7 Å². The molecular formula is C25H24F3N7. The van der Waals surface area contributed by atoms with E-state index in [1.54, 1.807) is 12.3 Å². The van der Waals surface area contributed by atoms with E-state index in [-0.39, 0.29) is 5.41 Å². The van der Waals surface area contributed by atoms with Gasteiger partial charge >= 0.3 is 6.18 Å². The van der Waals surface area contributed by atoms with E-state index in [0.29, 0.717) is 24.4 Å². The fraction of sp³-hybridized carbons (Fsp3) is 0.360. The Hall–Kier alpha value is -3.69. The average Bonchev–Trinajstić information content (AvgIpc) is 3.24. The molecule has 0 N–H and O–H groups in total. The third-order valence-electron chi connectivity index (χ3n) is 6.89. The molecule has 4 aromatic rings. The molecule has 1 spiro atoms. The molecule has 7 nitrogen and oxygen atoms in total. The van der Waals surface area contributed by atoms with Crippen LogP contribution in [0.5, 0.6) is 0 Å². The maximum atomic E-state index is 13.1. The molecule has 0 saturated carbocycles.